The Morgan fingerprint density at radius 3 is 2.50 bits per heavy atom. The van der Waals surface area contributed by atoms with Crippen molar-refractivity contribution >= 4 is 5.97 Å². The molecule has 0 saturated heterocycles. The van der Waals surface area contributed by atoms with E-state index < -0.39 is 5.60 Å². The number of carbonyl (C=O) groups is 1. The van der Waals surface area contributed by atoms with Crippen LogP contribution in [-0.4, -0.2) is 24.3 Å². The third-order valence-corrected chi connectivity index (χ3v) is 1.44. The average Bonchev–Trinajstić information content (AvgIpc) is 2.00. The Morgan fingerprint density at radius 1 is 1.50 bits per heavy atom. The fourth-order valence-corrected chi connectivity index (χ4v) is 0.789. The topological polar surface area (TPSA) is 35.5 Å². The molecule has 0 aromatic carbocycles. The Labute approximate surface area is 86.1 Å². The molecule has 0 aliphatic rings. The zero-order valence-corrected chi connectivity index (χ0v) is 9.50. The van der Waals surface area contributed by atoms with Crippen molar-refractivity contribution in [2.75, 3.05) is 6.61 Å². The van der Waals surface area contributed by atoms with Gasteiger partial charge in [0, 0.05) is 0 Å². The van der Waals surface area contributed by atoms with Crippen molar-refractivity contribution in [2.24, 2.45) is 0 Å². The Kier molecular flexibility index (Phi) is 5.46. The van der Waals surface area contributed by atoms with Gasteiger partial charge in [-0.2, -0.15) is 0 Å². The van der Waals surface area contributed by atoms with Crippen LogP contribution >= 0.6 is 0 Å². The summed E-state index contributed by atoms with van der Waals surface area (Å²) in [5.41, 5.74) is -0.416. The molecule has 0 aliphatic carbocycles. The predicted octanol–water partition coefficient (Wildman–Crippen LogP) is 2.31. The Hall–Kier alpha value is -0.830. The molecule has 0 amide bonds. The van der Waals surface area contributed by atoms with Gasteiger partial charge in [-0.15, -0.1) is 6.58 Å². The Bertz CT molecular complexity index is 191. The minimum atomic E-state index is -0.416. The van der Waals surface area contributed by atoms with Crippen molar-refractivity contribution in [2.45, 2.75) is 45.8 Å². The summed E-state index contributed by atoms with van der Waals surface area (Å²) < 4.78 is 10.4. The maximum atomic E-state index is 11.2. The van der Waals surface area contributed by atoms with Crippen molar-refractivity contribution in [3.8, 4) is 0 Å². The van der Waals surface area contributed by atoms with Crippen molar-refractivity contribution in [1.82, 2.24) is 0 Å². The van der Waals surface area contributed by atoms with Crippen LogP contribution in [0.1, 0.15) is 34.1 Å². The molecule has 14 heavy (non-hydrogen) atoms. The minimum absolute atomic E-state index is 0.0163. The predicted molar refractivity (Wildman–Crippen MR) is 56.1 cm³/mol. The van der Waals surface area contributed by atoms with Crippen molar-refractivity contribution in [3.05, 3.63) is 12.7 Å². The molecule has 0 N–H and O–H groups in total. The average molecular weight is 200 g/mol. The monoisotopic (exact) mass is 200 g/mol. The van der Waals surface area contributed by atoms with E-state index in [-0.39, 0.29) is 18.5 Å². The van der Waals surface area contributed by atoms with Gasteiger partial charge in [-0.05, 0) is 27.7 Å². The van der Waals surface area contributed by atoms with E-state index in [1.165, 1.54) is 0 Å². The fraction of sp³-hybridized carbons (Fsp3) is 0.727. The molecule has 3 heteroatoms. The van der Waals surface area contributed by atoms with E-state index in [2.05, 4.69) is 6.58 Å². The van der Waals surface area contributed by atoms with Gasteiger partial charge in [-0.25, -0.2) is 0 Å². The first-order valence-electron chi connectivity index (χ1n) is 4.81. The second-order valence-electron chi connectivity index (χ2n) is 4.15. The molecular formula is C11H20O3. The van der Waals surface area contributed by atoms with Crippen LogP contribution in [0.25, 0.3) is 0 Å². The van der Waals surface area contributed by atoms with Gasteiger partial charge >= 0.3 is 5.97 Å². The third kappa shape index (κ3) is 7.80. The summed E-state index contributed by atoms with van der Waals surface area (Å²) in [6.07, 6.45) is 1.96. The fourth-order valence-electron chi connectivity index (χ4n) is 0.789. The van der Waals surface area contributed by atoms with Gasteiger partial charge < -0.3 is 9.47 Å². The van der Waals surface area contributed by atoms with E-state index >= 15 is 0 Å². The van der Waals surface area contributed by atoms with Crippen LogP contribution in [-0.2, 0) is 14.3 Å². The van der Waals surface area contributed by atoms with Gasteiger partial charge in [0.2, 0.25) is 0 Å². The number of esters is 1. The molecule has 0 spiro atoms. The lowest BCUT2D eigenvalue weighted by Gasteiger charge is -2.19. The number of carbonyl (C=O) groups excluding carboxylic acids is 1. The van der Waals surface area contributed by atoms with Gasteiger partial charge in [-0.1, -0.05) is 6.08 Å². The summed E-state index contributed by atoms with van der Waals surface area (Å²) in [5, 5.41) is 0. The van der Waals surface area contributed by atoms with Gasteiger partial charge in [-0.3, -0.25) is 4.79 Å². The number of hydrogen-bond donors (Lipinski definition) is 0. The smallest absolute Gasteiger partial charge is 0.308 e. The summed E-state index contributed by atoms with van der Waals surface area (Å²) in [6, 6.07) is 0. The quantitative estimate of drug-likeness (QED) is 0.504. The van der Waals surface area contributed by atoms with Crippen LogP contribution < -0.4 is 0 Å². The van der Waals surface area contributed by atoms with E-state index in [4.69, 9.17) is 9.47 Å². The molecule has 3 nitrogen and oxygen atoms in total. The number of rotatable bonds is 5. The van der Waals surface area contributed by atoms with Crippen molar-refractivity contribution < 1.29 is 14.3 Å². The van der Waals surface area contributed by atoms with Crippen LogP contribution in [0.4, 0.5) is 0 Å². The second kappa shape index (κ2) is 5.81. The molecule has 82 valence electrons. The first-order valence-corrected chi connectivity index (χ1v) is 4.81. The lowest BCUT2D eigenvalue weighted by atomic mass is 10.2. The van der Waals surface area contributed by atoms with Crippen LogP contribution in [0.2, 0.25) is 0 Å². The molecular weight excluding hydrogens is 180 g/mol. The molecule has 0 aliphatic heterocycles. The summed E-state index contributed by atoms with van der Waals surface area (Å²) in [5.74, 6) is -0.228. The van der Waals surface area contributed by atoms with E-state index in [1.807, 2.05) is 27.7 Å². The molecule has 0 bridgehead atoms. The highest BCUT2D eigenvalue weighted by atomic mass is 16.6. The summed E-state index contributed by atoms with van der Waals surface area (Å²) in [4.78, 5) is 11.2. The molecule has 0 aromatic heterocycles. The third-order valence-electron chi connectivity index (χ3n) is 1.44. The first-order chi connectivity index (χ1) is 6.35. The number of hydrogen-bond acceptors (Lipinski definition) is 3. The molecule has 0 heterocycles. The highest BCUT2D eigenvalue weighted by molar-refractivity contribution is 5.69. The minimum Gasteiger partial charge on any atom is -0.460 e. The molecule has 0 aromatic rings. The molecule has 1 unspecified atom stereocenters. The second-order valence-corrected chi connectivity index (χ2v) is 4.15. The zero-order chi connectivity index (χ0) is 11.2. The lowest BCUT2D eigenvalue weighted by Crippen LogP contribution is -2.24. The summed E-state index contributed by atoms with van der Waals surface area (Å²) >= 11 is 0. The number of ether oxygens (including phenoxy) is 2. The zero-order valence-electron chi connectivity index (χ0n) is 9.50. The molecule has 0 radical (unpaired) electrons. The Balaban J connectivity index is 3.60. The molecule has 1 atom stereocenters. The largest absolute Gasteiger partial charge is 0.460 e. The summed E-state index contributed by atoms with van der Waals surface area (Å²) in [7, 11) is 0. The van der Waals surface area contributed by atoms with E-state index in [9.17, 15) is 4.79 Å². The molecule has 0 rings (SSSR count). The van der Waals surface area contributed by atoms with Gasteiger partial charge in [0.1, 0.15) is 5.60 Å². The highest BCUT2D eigenvalue weighted by Crippen LogP contribution is 2.08. The van der Waals surface area contributed by atoms with Gasteiger partial charge in [0.25, 0.3) is 0 Å². The normalized spacial score (nSPS) is 13.4. The van der Waals surface area contributed by atoms with Crippen molar-refractivity contribution in [3.63, 3.8) is 0 Å². The Morgan fingerprint density at radius 2 is 2.07 bits per heavy atom. The van der Waals surface area contributed by atoms with E-state index in [1.54, 1.807) is 6.08 Å². The maximum Gasteiger partial charge on any atom is 0.308 e. The SMILES string of the molecule is C=CC(C)OCCC(=O)OC(C)(C)C. The van der Waals surface area contributed by atoms with E-state index in [0.717, 1.165) is 0 Å². The summed E-state index contributed by atoms with van der Waals surface area (Å²) in [6.45, 7) is 11.4. The molecule has 0 fully saturated rings. The first kappa shape index (κ1) is 13.2. The molecule has 0 saturated carbocycles. The van der Waals surface area contributed by atoms with Crippen LogP contribution in [0.3, 0.4) is 0 Å². The lowest BCUT2D eigenvalue weighted by molar-refractivity contribution is -0.156. The van der Waals surface area contributed by atoms with Crippen LogP contribution in [0.5, 0.6) is 0 Å². The van der Waals surface area contributed by atoms with Gasteiger partial charge in [0.05, 0.1) is 19.1 Å². The van der Waals surface area contributed by atoms with E-state index in [0.29, 0.717) is 6.61 Å². The highest BCUT2D eigenvalue weighted by Gasteiger charge is 2.15. The van der Waals surface area contributed by atoms with Crippen LogP contribution in [0, 0.1) is 0 Å². The van der Waals surface area contributed by atoms with Crippen LogP contribution in [0.15, 0.2) is 12.7 Å². The standard InChI is InChI=1S/C11H20O3/c1-6-9(2)13-8-7-10(12)14-11(3,4)5/h6,9H,1,7-8H2,2-5H3. The maximum absolute atomic E-state index is 11.2. The van der Waals surface area contributed by atoms with Crippen molar-refractivity contribution in [1.29, 1.82) is 0 Å². The van der Waals surface area contributed by atoms with Gasteiger partial charge in [0.15, 0.2) is 0 Å².